The first-order valence-electron chi connectivity index (χ1n) is 20.1. The molecule has 0 heterocycles. The molecular formula is C44H52Cu2N6O22Tb2. The minimum Gasteiger partial charge on any atom is -0.870 e. The van der Waals surface area contributed by atoms with Crippen molar-refractivity contribution in [1.29, 1.82) is 0 Å². The zero-order valence-electron chi connectivity index (χ0n) is 40.9. The third-order valence-electron chi connectivity index (χ3n) is 7.15. The van der Waals surface area contributed by atoms with Gasteiger partial charge in [0.2, 0.25) is 0 Å². The summed E-state index contributed by atoms with van der Waals surface area (Å²) in [5.74, 6) is 0.639. The van der Waals surface area contributed by atoms with Gasteiger partial charge < -0.3 is 110 Å². The second-order valence-corrected chi connectivity index (χ2v) is 11.8. The van der Waals surface area contributed by atoms with Gasteiger partial charge in [0, 0.05) is 65.3 Å². The number of nitrogens with zero attached hydrogens (tertiary/aromatic N) is 6. The topological polar surface area (TPSA) is 478 Å². The number of benzene rings is 4. The molecule has 430 valence electrons. The molecule has 76 heavy (non-hydrogen) atoms. The predicted molar refractivity (Wildman–Crippen MR) is 246 cm³/mol. The van der Waals surface area contributed by atoms with Crippen molar-refractivity contribution in [2.24, 2.45) is 20.0 Å². The summed E-state index contributed by atoms with van der Waals surface area (Å²) < 4.78 is 20.5. The molecule has 4 aromatic carbocycles. The van der Waals surface area contributed by atoms with E-state index in [9.17, 15) is 20.4 Å². The number of ether oxygens (including phenoxy) is 4. The molecule has 4 aromatic rings. The minimum atomic E-state index is -2.33. The number of aliphatic hydroxyl groups is 2. The number of aliphatic imine (C=N–C) groups is 4. The molecule has 0 spiro atoms. The second kappa shape index (κ2) is 58.7. The molecule has 32 heteroatoms. The van der Waals surface area contributed by atoms with Crippen LogP contribution >= 0.6 is 0 Å². The van der Waals surface area contributed by atoms with E-state index in [2.05, 4.69) is 20.0 Å². The molecule has 0 saturated heterocycles. The van der Waals surface area contributed by atoms with Gasteiger partial charge in [-0.2, -0.15) is 0 Å². The van der Waals surface area contributed by atoms with E-state index in [0.717, 1.165) is 14.2 Å². The van der Waals surface area contributed by atoms with Crippen LogP contribution in [0.5, 0.6) is 46.0 Å². The number of carboxylic acid groups (broad SMARTS) is 4. The zero-order chi connectivity index (χ0) is 55.9. The number of para-hydroxylation sites is 4. The number of methoxy groups -OCH3 is 2. The molecular weight excluding hydrogens is 1410 g/mol. The van der Waals surface area contributed by atoms with E-state index >= 15 is 0 Å². The van der Waals surface area contributed by atoms with Crippen LogP contribution in [-0.2, 0) is 34.1 Å². The van der Waals surface area contributed by atoms with Crippen molar-refractivity contribution < 1.29 is 201 Å². The third-order valence-corrected chi connectivity index (χ3v) is 7.15. The van der Waals surface area contributed by atoms with Crippen molar-refractivity contribution in [3.05, 3.63) is 126 Å². The fourth-order valence-corrected chi connectivity index (χ4v) is 4.56. The first-order valence-corrected chi connectivity index (χ1v) is 20.1. The van der Waals surface area contributed by atoms with Crippen molar-refractivity contribution in [3.63, 3.8) is 0 Å². The van der Waals surface area contributed by atoms with Gasteiger partial charge in [0.25, 0.3) is 0 Å². The molecule has 2 radical (unpaired) electrons. The van der Waals surface area contributed by atoms with Crippen molar-refractivity contribution in [2.75, 3.05) is 67.8 Å². The monoisotopic (exact) mass is 1460 g/mol. The Balaban J connectivity index is -0.000000144. The van der Waals surface area contributed by atoms with Crippen LogP contribution in [0.3, 0.4) is 0 Å². The molecule has 0 fully saturated rings. The molecule has 0 aliphatic heterocycles. The van der Waals surface area contributed by atoms with Crippen LogP contribution in [0.2, 0.25) is 0 Å². The molecule has 0 atom stereocenters. The van der Waals surface area contributed by atoms with E-state index in [1.165, 1.54) is 14.2 Å². The molecule has 0 bridgehead atoms. The maximum Gasteiger partial charge on any atom is 3.00 e. The maximum atomic E-state index is 12.1. The van der Waals surface area contributed by atoms with Gasteiger partial charge in [0.15, 0.2) is 0 Å². The number of carbonyl (C=O) groups excluding carboxylic acids is 2. The molecule has 2 N–H and O–H groups in total. The number of aliphatic hydroxyl groups excluding tert-OH is 2. The summed E-state index contributed by atoms with van der Waals surface area (Å²) in [6, 6.07) is 20.4. The first kappa shape index (κ1) is 87.1. The Bertz CT molecular complexity index is 2070. The van der Waals surface area contributed by atoms with Crippen LogP contribution in [-0.4, -0.2) is 125 Å². The second-order valence-electron chi connectivity index (χ2n) is 11.8. The van der Waals surface area contributed by atoms with Crippen molar-refractivity contribution in [1.82, 2.24) is 0 Å². The summed E-state index contributed by atoms with van der Waals surface area (Å²) >= 11 is 0. The fraction of sp³-hybridized carbons (Fsp3) is 0.318. The Labute approximate surface area is 519 Å². The summed E-state index contributed by atoms with van der Waals surface area (Å²) in [6.45, 7) is 6.73. The number of rotatable bonds is 18. The number of hydrogen-bond donors (Lipinski definition) is 2. The number of carbonyl (C=O) groups is 2. The third kappa shape index (κ3) is 48.1. The molecule has 28 nitrogen and oxygen atoms in total. The Morgan fingerprint density at radius 2 is 0.658 bits per heavy atom. The van der Waals surface area contributed by atoms with Gasteiger partial charge >= 0.3 is 111 Å². The molecule has 0 saturated carbocycles. The Morgan fingerprint density at radius 1 is 0.474 bits per heavy atom. The van der Waals surface area contributed by atoms with E-state index < -0.39 is 22.5 Å². The fourth-order valence-electron chi connectivity index (χ4n) is 4.56. The summed E-state index contributed by atoms with van der Waals surface area (Å²) in [6.07, 6.45) is 2.99. The van der Waals surface area contributed by atoms with Crippen LogP contribution in [0.25, 0.3) is 0 Å². The standard InChI is InChI=1S/2C20H24N2O4.2CH2O3.2CH4O.2Cu.2NO3.2Tb/c2*1-3-26-18-10-5-8-16(20(18)24)14-22-12-6-11-21-13-15-7-4-9-17(25-2)19(15)23;2*2-1(3)4;2*1-2;;;2*2-1(3)4;;/h2*4-5,7-10,13-14,23-24H,3,6,11-12H2,1-2H3;2*(H2,2,3,4);2*2H,1H3;;;;;;/q;;;;;;2*+2;2*-1;2*+3/p-8. The van der Waals surface area contributed by atoms with Crippen LogP contribution < -0.4 is 59.8 Å². The van der Waals surface area contributed by atoms with Crippen LogP contribution in [0.4, 0.5) is 9.59 Å². The molecule has 4 rings (SSSR count). The maximum absolute atomic E-state index is 12.1. The van der Waals surface area contributed by atoms with Gasteiger partial charge in [-0.15, -0.1) is 0 Å². The Kier molecular flexibility index (Phi) is 67.3. The van der Waals surface area contributed by atoms with E-state index in [0.29, 0.717) is 97.5 Å². The van der Waals surface area contributed by atoms with Crippen LogP contribution in [0, 0.1) is 108 Å². The van der Waals surface area contributed by atoms with Crippen LogP contribution in [0.1, 0.15) is 48.9 Å². The average molecular weight is 1460 g/mol. The van der Waals surface area contributed by atoms with E-state index in [1.807, 2.05) is 13.8 Å². The van der Waals surface area contributed by atoms with E-state index in [-0.39, 0.29) is 134 Å². The van der Waals surface area contributed by atoms with Gasteiger partial charge in [0.05, 0.1) is 37.6 Å². The van der Waals surface area contributed by atoms with Crippen molar-refractivity contribution >= 4 is 37.2 Å². The predicted octanol–water partition coefficient (Wildman–Crippen LogP) is -1.82. The van der Waals surface area contributed by atoms with Gasteiger partial charge in [-0.25, -0.2) is 0 Å². The molecule has 0 unspecified atom stereocenters. The molecule has 0 aliphatic rings. The minimum absolute atomic E-state index is 0. The normalized spacial score (nSPS) is 9.16. The summed E-state index contributed by atoms with van der Waals surface area (Å²) in [7, 11) is 4.93. The molecule has 0 amide bonds. The van der Waals surface area contributed by atoms with Crippen molar-refractivity contribution in [2.45, 2.75) is 26.7 Å². The largest absolute Gasteiger partial charge is 3.00 e. The smallest absolute Gasteiger partial charge is 0.870 e. The Hall–Kier alpha value is -5.57. The van der Waals surface area contributed by atoms with E-state index in [4.69, 9.17) is 89.8 Å². The molecule has 0 aliphatic carbocycles. The summed E-state index contributed by atoms with van der Waals surface area (Å²) in [5, 5.41) is 125. The van der Waals surface area contributed by atoms with Gasteiger partial charge in [-0.3, -0.25) is 20.0 Å². The average Bonchev–Trinajstić information content (AvgIpc) is 3.32. The first-order chi connectivity index (χ1) is 34.3. The Morgan fingerprint density at radius 3 is 0.842 bits per heavy atom. The van der Waals surface area contributed by atoms with Gasteiger partial charge in [-0.1, -0.05) is 71.5 Å². The van der Waals surface area contributed by atoms with Gasteiger partial charge in [0.1, 0.15) is 23.0 Å². The van der Waals surface area contributed by atoms with Crippen molar-refractivity contribution in [3.8, 4) is 46.0 Å². The van der Waals surface area contributed by atoms with Crippen LogP contribution in [0.15, 0.2) is 92.8 Å². The zero-order valence-corrected chi connectivity index (χ0v) is 47.1. The number of hydrogen-bond acceptors (Lipinski definition) is 26. The van der Waals surface area contributed by atoms with E-state index in [1.54, 1.807) is 97.7 Å². The summed E-state index contributed by atoms with van der Waals surface area (Å²) in [5.41, 5.74) is 2.01. The van der Waals surface area contributed by atoms with Gasteiger partial charge in [-0.05, 0) is 85.5 Å². The molecule has 0 aromatic heterocycles. The SMILES string of the molecule is CCOc1cccc(C=NCCCN=Cc2cccc(OC)c2[O-])c1[O-].CCOc1cccc(C=NCCCN=Cc2cccc(OC)c2[O-])c1[O-].CO.CO.O=C([O-])[O-].O=C([O-])[O-].O=[N+]([O-])[O-].O=[N+]([O-])[O-].[Cu+2].[Cu+2].[Tb+3].[Tb+3]. The quantitative estimate of drug-likeness (QED) is 0.0364. The summed E-state index contributed by atoms with van der Waals surface area (Å²) in [4.78, 5) is 50.2.